The lowest BCUT2D eigenvalue weighted by atomic mass is 9.73. The Kier molecular flexibility index (Phi) is 4.79. The molecule has 2 saturated heterocycles. The molecule has 2 fully saturated rings. The van der Waals surface area contributed by atoms with E-state index in [-0.39, 0.29) is 11.9 Å². The lowest BCUT2D eigenvalue weighted by molar-refractivity contribution is -0.131. The van der Waals surface area contributed by atoms with Crippen LogP contribution in [0, 0.1) is 0 Å². The Morgan fingerprint density at radius 2 is 2.00 bits per heavy atom. The van der Waals surface area contributed by atoms with Crippen LogP contribution in [0.2, 0.25) is 0 Å². The molecule has 0 aliphatic carbocycles. The molecule has 1 aromatic carbocycles. The van der Waals surface area contributed by atoms with E-state index < -0.39 is 5.41 Å². The molecule has 2 heterocycles. The Morgan fingerprint density at radius 1 is 1.27 bits per heavy atom. The summed E-state index contributed by atoms with van der Waals surface area (Å²) in [6, 6.07) is 10.8. The Morgan fingerprint density at radius 3 is 2.68 bits per heavy atom. The fourth-order valence-corrected chi connectivity index (χ4v) is 3.67. The Hall–Kier alpha value is -1.39. The van der Waals surface area contributed by atoms with Crippen LogP contribution < -0.4 is 10.6 Å². The van der Waals surface area contributed by atoms with Gasteiger partial charge in [0.2, 0.25) is 5.91 Å². The molecule has 0 saturated carbocycles. The molecule has 0 radical (unpaired) electrons. The van der Waals surface area contributed by atoms with Gasteiger partial charge in [0.1, 0.15) is 0 Å². The first-order valence-corrected chi connectivity index (χ1v) is 8.40. The maximum absolute atomic E-state index is 13.1. The maximum Gasteiger partial charge on any atom is 0.231 e. The van der Waals surface area contributed by atoms with Gasteiger partial charge in [-0.15, -0.1) is 0 Å². The molecule has 1 aromatic rings. The van der Waals surface area contributed by atoms with Gasteiger partial charge in [-0.1, -0.05) is 30.3 Å². The normalized spacial score (nSPS) is 28.0. The molecular formula is C18H26N2O2. The van der Waals surface area contributed by atoms with Gasteiger partial charge < -0.3 is 15.4 Å². The molecule has 3 rings (SSSR count). The molecular weight excluding hydrogens is 276 g/mol. The molecule has 2 aliphatic rings. The van der Waals surface area contributed by atoms with Crippen molar-refractivity contribution in [3.63, 3.8) is 0 Å². The fourth-order valence-electron chi connectivity index (χ4n) is 3.67. The first-order chi connectivity index (χ1) is 10.7. The average Bonchev–Trinajstić information content (AvgIpc) is 2.58. The molecule has 4 heteroatoms. The summed E-state index contributed by atoms with van der Waals surface area (Å²) < 4.78 is 5.52. The van der Waals surface area contributed by atoms with Gasteiger partial charge in [0.25, 0.3) is 0 Å². The number of hydrogen-bond donors (Lipinski definition) is 2. The van der Waals surface area contributed by atoms with Crippen LogP contribution in [0.1, 0.15) is 38.2 Å². The second-order valence-corrected chi connectivity index (χ2v) is 6.53. The summed E-state index contributed by atoms with van der Waals surface area (Å²) in [5, 5.41) is 6.77. The van der Waals surface area contributed by atoms with Gasteiger partial charge in [0.05, 0.1) is 5.41 Å². The van der Waals surface area contributed by atoms with E-state index in [1.807, 2.05) is 18.2 Å². The first-order valence-electron chi connectivity index (χ1n) is 8.40. The lowest BCUT2D eigenvalue weighted by Gasteiger charge is -2.39. The van der Waals surface area contributed by atoms with Crippen molar-refractivity contribution in [3.05, 3.63) is 35.9 Å². The van der Waals surface area contributed by atoms with Gasteiger partial charge >= 0.3 is 0 Å². The van der Waals surface area contributed by atoms with Crippen LogP contribution in [0.4, 0.5) is 0 Å². The minimum Gasteiger partial charge on any atom is -0.381 e. The van der Waals surface area contributed by atoms with Gasteiger partial charge in [-0.05, 0) is 44.7 Å². The quantitative estimate of drug-likeness (QED) is 0.898. The SMILES string of the molecule is CC1NCCCC1NC(=O)C1(c2ccccc2)CCOCC1. The zero-order chi connectivity index (χ0) is 15.4. The summed E-state index contributed by atoms with van der Waals surface area (Å²) in [4.78, 5) is 13.1. The minimum absolute atomic E-state index is 0.169. The summed E-state index contributed by atoms with van der Waals surface area (Å²) in [6.45, 7) is 4.51. The van der Waals surface area contributed by atoms with E-state index in [4.69, 9.17) is 4.74 Å². The Balaban J connectivity index is 1.81. The largest absolute Gasteiger partial charge is 0.381 e. The van der Waals surface area contributed by atoms with Crippen molar-refractivity contribution in [3.8, 4) is 0 Å². The molecule has 0 aromatic heterocycles. The second-order valence-electron chi connectivity index (χ2n) is 6.53. The third-order valence-electron chi connectivity index (χ3n) is 5.19. The van der Waals surface area contributed by atoms with Crippen LogP contribution in [0.25, 0.3) is 0 Å². The Labute approximate surface area is 132 Å². The maximum atomic E-state index is 13.1. The highest BCUT2D eigenvalue weighted by molar-refractivity contribution is 5.88. The number of nitrogens with one attached hydrogen (secondary N) is 2. The van der Waals surface area contributed by atoms with Crippen molar-refractivity contribution in [1.82, 2.24) is 10.6 Å². The van der Waals surface area contributed by atoms with Gasteiger partial charge in [-0.2, -0.15) is 0 Å². The van der Waals surface area contributed by atoms with Gasteiger partial charge in [-0.3, -0.25) is 4.79 Å². The molecule has 4 nitrogen and oxygen atoms in total. The van der Waals surface area contributed by atoms with Gasteiger partial charge in [0.15, 0.2) is 0 Å². The summed E-state index contributed by atoms with van der Waals surface area (Å²) in [5.74, 6) is 0.169. The number of rotatable bonds is 3. The number of piperidine rings is 1. The third-order valence-corrected chi connectivity index (χ3v) is 5.19. The number of ether oxygens (including phenoxy) is 1. The number of benzene rings is 1. The van der Waals surface area contributed by atoms with Crippen LogP contribution in [-0.2, 0) is 14.9 Å². The topological polar surface area (TPSA) is 50.4 Å². The molecule has 2 N–H and O–H groups in total. The average molecular weight is 302 g/mol. The van der Waals surface area contributed by atoms with Crippen LogP contribution >= 0.6 is 0 Å². The highest BCUT2D eigenvalue weighted by atomic mass is 16.5. The minimum atomic E-state index is -0.434. The lowest BCUT2D eigenvalue weighted by Crippen LogP contribution is -2.57. The van der Waals surface area contributed by atoms with Crippen molar-refractivity contribution < 1.29 is 9.53 Å². The van der Waals surface area contributed by atoms with E-state index in [0.717, 1.165) is 37.8 Å². The number of amides is 1. The van der Waals surface area contributed by atoms with Crippen molar-refractivity contribution >= 4 is 5.91 Å². The molecule has 1 amide bonds. The molecule has 120 valence electrons. The molecule has 0 bridgehead atoms. The van der Waals surface area contributed by atoms with E-state index in [2.05, 4.69) is 29.7 Å². The molecule has 0 spiro atoms. The second kappa shape index (κ2) is 6.80. The number of carbonyl (C=O) groups excluding carboxylic acids is 1. The standard InChI is InChI=1S/C18H26N2O2/c1-14-16(8-5-11-19-14)20-17(21)18(9-12-22-13-10-18)15-6-3-2-4-7-15/h2-4,6-7,14,16,19H,5,8-13H2,1H3,(H,20,21). The van der Waals surface area contributed by atoms with Crippen molar-refractivity contribution in [2.45, 2.75) is 50.1 Å². The van der Waals surface area contributed by atoms with Crippen molar-refractivity contribution in [2.24, 2.45) is 0 Å². The smallest absolute Gasteiger partial charge is 0.231 e. The van der Waals surface area contributed by atoms with E-state index in [1.54, 1.807) is 0 Å². The summed E-state index contributed by atoms with van der Waals surface area (Å²) in [6.07, 6.45) is 3.70. The van der Waals surface area contributed by atoms with Crippen LogP contribution in [0.3, 0.4) is 0 Å². The van der Waals surface area contributed by atoms with E-state index in [0.29, 0.717) is 19.3 Å². The molecule has 2 aliphatic heterocycles. The zero-order valence-electron chi connectivity index (χ0n) is 13.3. The Bertz CT molecular complexity index is 497. The first kappa shape index (κ1) is 15.5. The van der Waals surface area contributed by atoms with E-state index in [1.165, 1.54) is 0 Å². The summed E-state index contributed by atoms with van der Waals surface area (Å²) in [5.41, 5.74) is 0.684. The molecule has 2 atom stereocenters. The molecule has 2 unspecified atom stereocenters. The fraction of sp³-hybridized carbons (Fsp3) is 0.611. The predicted octanol–water partition coefficient (Wildman–Crippen LogP) is 1.99. The van der Waals surface area contributed by atoms with Gasteiger partial charge in [0, 0.05) is 25.3 Å². The van der Waals surface area contributed by atoms with Crippen LogP contribution in [0.5, 0.6) is 0 Å². The van der Waals surface area contributed by atoms with Gasteiger partial charge in [-0.25, -0.2) is 0 Å². The highest BCUT2D eigenvalue weighted by Gasteiger charge is 2.42. The zero-order valence-corrected chi connectivity index (χ0v) is 13.3. The monoisotopic (exact) mass is 302 g/mol. The van der Waals surface area contributed by atoms with E-state index >= 15 is 0 Å². The van der Waals surface area contributed by atoms with Crippen molar-refractivity contribution in [2.75, 3.05) is 19.8 Å². The molecule has 22 heavy (non-hydrogen) atoms. The number of carbonyl (C=O) groups is 1. The van der Waals surface area contributed by atoms with Crippen molar-refractivity contribution in [1.29, 1.82) is 0 Å². The van der Waals surface area contributed by atoms with Crippen LogP contribution in [-0.4, -0.2) is 37.7 Å². The van der Waals surface area contributed by atoms with Crippen LogP contribution in [0.15, 0.2) is 30.3 Å². The number of hydrogen-bond acceptors (Lipinski definition) is 3. The summed E-state index contributed by atoms with van der Waals surface area (Å²) >= 11 is 0. The predicted molar refractivity (Wildman–Crippen MR) is 86.8 cm³/mol. The summed E-state index contributed by atoms with van der Waals surface area (Å²) in [7, 11) is 0. The van der Waals surface area contributed by atoms with E-state index in [9.17, 15) is 4.79 Å². The third kappa shape index (κ3) is 3.03. The highest BCUT2D eigenvalue weighted by Crippen LogP contribution is 2.35.